The molecule has 0 aliphatic carbocycles. The van der Waals surface area contributed by atoms with Crippen LogP contribution in [-0.4, -0.2) is 256 Å². The Morgan fingerprint density at radius 1 is 0.374 bits per heavy atom. The third kappa shape index (κ3) is 38.8. The molecule has 0 aromatic carbocycles. The van der Waals surface area contributed by atoms with Crippen LogP contribution in [-0.2, 0) is 114 Å². The summed E-state index contributed by atoms with van der Waals surface area (Å²) in [5.74, 6) is -4.79. The Hall–Kier alpha value is -6.96. The maximum absolute atomic E-state index is 13.1. The van der Waals surface area contributed by atoms with Crippen molar-refractivity contribution in [2.45, 2.75) is 265 Å². The Labute approximate surface area is 629 Å². The molecule has 0 radical (unpaired) electrons. The normalized spacial score (nSPS) is 24.6. The molecule has 35 heteroatoms. The molecule has 3 heterocycles. The summed E-state index contributed by atoms with van der Waals surface area (Å²) in [5, 5.41) is 24.8. The number of carbonyl (C=O) groups excluding carboxylic acids is 12. The van der Waals surface area contributed by atoms with Crippen molar-refractivity contribution in [1.82, 2.24) is 47.9 Å². The van der Waals surface area contributed by atoms with Gasteiger partial charge >= 0.3 is 24.0 Å². The average molecular weight is 1530 g/mol. The van der Waals surface area contributed by atoms with Gasteiger partial charge in [0.15, 0.2) is 18.9 Å². The highest BCUT2D eigenvalue weighted by molar-refractivity contribution is 5.79. The summed E-state index contributed by atoms with van der Waals surface area (Å²) in [6, 6.07) is -2.07. The smallest absolute Gasteiger partial charge is 0.407 e. The summed E-state index contributed by atoms with van der Waals surface area (Å²) in [5.41, 5.74) is 5.38. The van der Waals surface area contributed by atoms with Crippen molar-refractivity contribution in [2.75, 3.05) is 105 Å². The molecular formula is C72H126N10O25. The molecule has 15 atom stereocenters. The quantitative estimate of drug-likeness (QED) is 0.0236. The third-order valence-corrected chi connectivity index (χ3v) is 18.2. The van der Waals surface area contributed by atoms with Gasteiger partial charge in [-0.1, -0.05) is 41.5 Å². The van der Waals surface area contributed by atoms with Gasteiger partial charge in [-0.3, -0.25) is 52.7 Å². The molecule has 107 heavy (non-hydrogen) atoms. The molecule has 9 amide bonds. The third-order valence-electron chi connectivity index (χ3n) is 18.2. The van der Waals surface area contributed by atoms with E-state index in [2.05, 4.69) is 47.9 Å². The first-order valence-electron chi connectivity index (χ1n) is 37.9. The molecular weight excluding hydrogens is 1400 g/mol. The fraction of sp³-hybridized carbons (Fsp3) is 0.833. The lowest BCUT2D eigenvalue weighted by Crippen LogP contribution is -2.62. The van der Waals surface area contributed by atoms with Gasteiger partial charge in [0.1, 0.15) is 62.9 Å². The molecule has 3 fully saturated rings. The lowest BCUT2D eigenvalue weighted by molar-refractivity contribution is -0.253. The van der Waals surface area contributed by atoms with E-state index in [9.17, 15) is 57.5 Å². The predicted octanol–water partition coefficient (Wildman–Crippen LogP) is 1.78. The molecule has 0 unspecified atom stereocenters. The van der Waals surface area contributed by atoms with Crippen LogP contribution in [0.5, 0.6) is 0 Å². The second-order valence-corrected chi connectivity index (χ2v) is 27.4. The maximum atomic E-state index is 13.1. The van der Waals surface area contributed by atoms with E-state index in [1.165, 1.54) is 41.5 Å². The van der Waals surface area contributed by atoms with E-state index in [1.807, 2.05) is 41.5 Å². The van der Waals surface area contributed by atoms with E-state index in [0.29, 0.717) is 117 Å². The van der Waals surface area contributed by atoms with Gasteiger partial charge in [-0.2, -0.15) is 0 Å². The Morgan fingerprint density at radius 3 is 0.944 bits per heavy atom. The SMILES string of the molecule is CC[C@H]1O[C@@H](OCCCCCNC(=O)COCCNC(=O)CCC(N)(CCC(=O)NCCOCC(=O)NCCCCCO[C@@H]2O[C@H](CC)[C@H](C)[C@H](OC(C)=O)[C@H]2NC(C)=O)COC(=O)NCCOCC(=O)NCCCCCO[C@@H]2O[C@H](CC)[C@H](C)[C@H](OC(C)=O)[C@H]2NC(C)=O)[C@H](NC(C)=O)[C@@H](OC(C)=O)[C@H]1C. The van der Waals surface area contributed by atoms with Crippen molar-refractivity contribution < 1.29 is 119 Å². The molecule has 3 rings (SSSR count). The van der Waals surface area contributed by atoms with Crippen LogP contribution in [0.1, 0.15) is 186 Å². The van der Waals surface area contributed by atoms with Gasteiger partial charge in [0.05, 0.1) is 43.7 Å². The lowest BCUT2D eigenvalue weighted by atomic mass is 9.87. The van der Waals surface area contributed by atoms with Gasteiger partial charge in [-0.05, 0) is 89.9 Å². The van der Waals surface area contributed by atoms with Crippen molar-refractivity contribution in [3.05, 3.63) is 0 Å². The largest absolute Gasteiger partial charge is 0.460 e. The number of nitrogens with one attached hydrogen (secondary N) is 9. The standard InChI is InChI=1S/C72H126N10O25/c1-13-54-45(4)65(102-51(10)86)62(80-48(7)83)68(105-54)98-35-22-16-19-29-74-59(91)41-95-38-32-77-57(89)25-27-72(73,28-26-58(90)78-33-39-96-42-60(92)75-30-20-17-23-36-99-69-63(81-49(8)84)66(103-52(11)87)46(5)55(14-2)106-69)44-101-71(94)79-34-40-97-43-61(93)76-31-21-18-24-37-100-70-64(82-50(9)85)67(104-53(12)88)47(6)56(15-3)107-70/h45-47,54-56,62-70H,13-44,73H2,1-12H3,(H,74,91)(H,75,92)(H,76,93)(H,77,89)(H,78,90)(H,79,94)(H,80,83)(H,81,84)(H,82,85)/t45-,46-,47-,54+,55+,56+,62+,63+,64+,65-,66-,67-,68+,69+,70+/m0/s1. The minimum absolute atomic E-state index is 0.0118. The number of esters is 3. The van der Waals surface area contributed by atoms with E-state index in [4.69, 9.17) is 67.3 Å². The van der Waals surface area contributed by atoms with Gasteiger partial charge in [-0.25, -0.2) is 4.79 Å². The molecule has 3 aliphatic rings. The van der Waals surface area contributed by atoms with Crippen LogP contribution < -0.4 is 53.6 Å². The van der Waals surface area contributed by atoms with Crippen LogP contribution in [0.25, 0.3) is 0 Å². The second-order valence-electron chi connectivity index (χ2n) is 27.4. The Kier molecular flexibility index (Phi) is 46.7. The summed E-state index contributed by atoms with van der Waals surface area (Å²) in [6.45, 7) is 20.5. The number of hydrogen-bond donors (Lipinski definition) is 10. The zero-order valence-electron chi connectivity index (χ0n) is 65.1. The van der Waals surface area contributed by atoms with Crippen LogP contribution in [0, 0.1) is 17.8 Å². The fourth-order valence-electron chi connectivity index (χ4n) is 12.7. The van der Waals surface area contributed by atoms with Crippen molar-refractivity contribution in [2.24, 2.45) is 23.5 Å². The lowest BCUT2D eigenvalue weighted by Gasteiger charge is -2.44. The van der Waals surface area contributed by atoms with Crippen molar-refractivity contribution in [1.29, 1.82) is 0 Å². The molecule has 35 nitrogen and oxygen atoms in total. The first-order valence-corrected chi connectivity index (χ1v) is 37.9. The topological polar surface area (TPSA) is 459 Å². The fourth-order valence-corrected chi connectivity index (χ4v) is 12.7. The van der Waals surface area contributed by atoms with Gasteiger partial charge in [0, 0.05) is 131 Å². The van der Waals surface area contributed by atoms with Gasteiger partial charge in [-0.15, -0.1) is 0 Å². The van der Waals surface area contributed by atoms with Crippen molar-refractivity contribution >= 4 is 71.3 Å². The van der Waals surface area contributed by atoms with Crippen LogP contribution >= 0.6 is 0 Å². The Balaban J connectivity index is 1.39. The van der Waals surface area contributed by atoms with E-state index >= 15 is 0 Å². The van der Waals surface area contributed by atoms with Crippen LogP contribution in [0.15, 0.2) is 0 Å². The molecule has 3 saturated heterocycles. The van der Waals surface area contributed by atoms with Crippen molar-refractivity contribution in [3.63, 3.8) is 0 Å². The molecule has 0 saturated carbocycles. The Bertz CT molecular complexity index is 2440. The zero-order valence-corrected chi connectivity index (χ0v) is 65.1. The predicted molar refractivity (Wildman–Crippen MR) is 385 cm³/mol. The molecule has 0 aromatic heterocycles. The summed E-state index contributed by atoms with van der Waals surface area (Å²) in [7, 11) is 0. The summed E-state index contributed by atoms with van der Waals surface area (Å²) in [4.78, 5) is 149. The number of amides is 9. The molecule has 0 aromatic rings. The van der Waals surface area contributed by atoms with Gasteiger partial charge < -0.3 is 115 Å². The first kappa shape index (κ1) is 94.2. The van der Waals surface area contributed by atoms with E-state index in [-0.39, 0.29) is 156 Å². The minimum Gasteiger partial charge on any atom is -0.460 e. The summed E-state index contributed by atoms with van der Waals surface area (Å²) < 4.78 is 75.3. The zero-order chi connectivity index (χ0) is 79.3. The highest BCUT2D eigenvalue weighted by Crippen LogP contribution is 2.34. The number of alkyl carbamates (subject to hydrolysis) is 1. The van der Waals surface area contributed by atoms with Gasteiger partial charge in [0.25, 0.3) is 0 Å². The molecule has 614 valence electrons. The number of ether oxygens (including phenoxy) is 13. The Morgan fingerprint density at radius 2 is 0.664 bits per heavy atom. The summed E-state index contributed by atoms with van der Waals surface area (Å²) >= 11 is 0. The average Bonchev–Trinajstić information content (AvgIpc) is 0.812. The number of carbonyl (C=O) groups is 12. The number of rotatable bonds is 53. The van der Waals surface area contributed by atoms with Crippen LogP contribution in [0.3, 0.4) is 0 Å². The van der Waals surface area contributed by atoms with Crippen LogP contribution in [0.4, 0.5) is 4.79 Å². The highest BCUT2D eigenvalue weighted by atomic mass is 16.7. The molecule has 0 spiro atoms. The van der Waals surface area contributed by atoms with Gasteiger partial charge in [0.2, 0.25) is 47.3 Å². The van der Waals surface area contributed by atoms with Crippen LogP contribution in [0.2, 0.25) is 0 Å². The second kappa shape index (κ2) is 53.0. The highest BCUT2D eigenvalue weighted by Gasteiger charge is 2.49. The summed E-state index contributed by atoms with van der Waals surface area (Å²) in [6.07, 6.45) is 1.58. The molecule has 0 bridgehead atoms. The number of hydrogen-bond acceptors (Lipinski definition) is 26. The van der Waals surface area contributed by atoms with E-state index in [0.717, 1.165) is 0 Å². The molecule has 3 aliphatic heterocycles. The number of unbranched alkanes of at least 4 members (excludes halogenated alkanes) is 6. The molecule has 11 N–H and O–H groups in total. The number of nitrogens with two attached hydrogens (primary N) is 1. The first-order chi connectivity index (χ1) is 51.0. The minimum atomic E-state index is -1.37. The van der Waals surface area contributed by atoms with Crippen molar-refractivity contribution in [3.8, 4) is 0 Å². The monoisotopic (exact) mass is 1530 g/mol. The van der Waals surface area contributed by atoms with E-state index < -0.39 is 103 Å². The van der Waals surface area contributed by atoms with E-state index in [1.54, 1.807) is 0 Å². The maximum Gasteiger partial charge on any atom is 0.407 e.